The van der Waals surface area contributed by atoms with Gasteiger partial charge in [0, 0.05) is 4.90 Å². The summed E-state index contributed by atoms with van der Waals surface area (Å²) in [6.45, 7) is 10.8. The molecule has 1 N–H and O–H groups in total. The van der Waals surface area contributed by atoms with Crippen molar-refractivity contribution < 1.29 is 0 Å². The van der Waals surface area contributed by atoms with Gasteiger partial charge in [0.2, 0.25) is 0 Å². The molecule has 2 aromatic heterocycles. The van der Waals surface area contributed by atoms with Crippen LogP contribution in [0.15, 0.2) is 35.2 Å². The van der Waals surface area contributed by atoms with Crippen LogP contribution in [-0.2, 0) is 5.41 Å². The highest BCUT2D eigenvalue weighted by Gasteiger charge is 2.19. The molecule has 0 aliphatic rings. The van der Waals surface area contributed by atoms with Crippen LogP contribution in [-0.4, -0.2) is 25.8 Å². The van der Waals surface area contributed by atoms with Gasteiger partial charge in [-0.1, -0.05) is 26.8 Å². The van der Waals surface area contributed by atoms with Crippen LogP contribution in [0.5, 0.6) is 0 Å². The lowest BCUT2D eigenvalue weighted by Gasteiger charge is -2.19. The third kappa shape index (κ3) is 2.71. The van der Waals surface area contributed by atoms with Gasteiger partial charge in [-0.25, -0.2) is 9.97 Å². The number of imidazole rings is 2. The third-order valence-corrected chi connectivity index (χ3v) is 5.53. The number of hydrogen-bond acceptors (Lipinski definition) is 3. The molecule has 0 unspecified atom stereocenters. The van der Waals surface area contributed by atoms with Gasteiger partial charge in [0.25, 0.3) is 0 Å². The van der Waals surface area contributed by atoms with Crippen LogP contribution in [0.1, 0.15) is 38.0 Å². The maximum Gasteiger partial charge on any atom is 0.113 e. The quantitative estimate of drug-likeness (QED) is 0.475. The fourth-order valence-electron chi connectivity index (χ4n) is 3.45. The number of rotatable bonds is 2. The zero-order valence-electron chi connectivity index (χ0n) is 16.1. The van der Waals surface area contributed by atoms with E-state index in [9.17, 15) is 0 Å². The van der Waals surface area contributed by atoms with Crippen LogP contribution in [0.25, 0.3) is 27.8 Å². The number of aromatic nitrogens is 4. The SMILES string of the molecule is CSc1cc(-n2c(C)nc3ccc(C(C)(C)C)cc32)c2nc(C)[nH]c2c1. The second kappa shape index (κ2) is 5.88. The zero-order chi connectivity index (χ0) is 18.6. The first-order chi connectivity index (χ1) is 12.3. The minimum atomic E-state index is 0.0938. The lowest BCUT2D eigenvalue weighted by atomic mass is 9.87. The van der Waals surface area contributed by atoms with Gasteiger partial charge in [-0.15, -0.1) is 11.8 Å². The standard InChI is InChI=1S/C21H24N4S/c1-12-22-17-10-15(26-6)11-19(20(17)23-12)25-13(2)24-16-8-7-14(9-18(16)25)21(3,4)5/h7-11H,1-6H3,(H,22,23). The van der Waals surface area contributed by atoms with E-state index in [1.807, 2.05) is 6.92 Å². The smallest absolute Gasteiger partial charge is 0.113 e. The van der Waals surface area contributed by atoms with Crippen LogP contribution >= 0.6 is 11.8 Å². The van der Waals surface area contributed by atoms with Crippen molar-refractivity contribution in [3.05, 3.63) is 47.5 Å². The van der Waals surface area contributed by atoms with Gasteiger partial charge in [-0.05, 0) is 55.3 Å². The monoisotopic (exact) mass is 364 g/mol. The summed E-state index contributed by atoms with van der Waals surface area (Å²) in [5.41, 5.74) is 6.70. The second-order valence-corrected chi connectivity index (χ2v) is 8.69. The minimum absolute atomic E-state index is 0.0938. The van der Waals surface area contributed by atoms with E-state index in [1.165, 1.54) is 10.5 Å². The summed E-state index contributed by atoms with van der Waals surface area (Å²) in [4.78, 5) is 14.1. The van der Waals surface area contributed by atoms with Gasteiger partial charge in [0.15, 0.2) is 0 Å². The van der Waals surface area contributed by atoms with Crippen molar-refractivity contribution in [3.8, 4) is 5.69 Å². The summed E-state index contributed by atoms with van der Waals surface area (Å²) >= 11 is 1.74. The van der Waals surface area contributed by atoms with E-state index in [1.54, 1.807) is 11.8 Å². The highest BCUT2D eigenvalue weighted by atomic mass is 32.2. The fraction of sp³-hybridized carbons (Fsp3) is 0.333. The molecular weight excluding hydrogens is 340 g/mol. The molecule has 0 spiro atoms. The van der Waals surface area contributed by atoms with Gasteiger partial charge < -0.3 is 4.98 Å². The summed E-state index contributed by atoms with van der Waals surface area (Å²) in [6, 6.07) is 11.0. The first-order valence-corrected chi connectivity index (χ1v) is 10.0. The van der Waals surface area contributed by atoms with Crippen LogP contribution in [0.4, 0.5) is 0 Å². The van der Waals surface area contributed by atoms with Crippen LogP contribution in [0.3, 0.4) is 0 Å². The first kappa shape index (κ1) is 17.2. The third-order valence-electron chi connectivity index (χ3n) is 4.82. The highest BCUT2D eigenvalue weighted by molar-refractivity contribution is 7.98. The van der Waals surface area contributed by atoms with E-state index in [-0.39, 0.29) is 5.41 Å². The molecule has 0 saturated carbocycles. The average molecular weight is 365 g/mol. The maximum absolute atomic E-state index is 4.80. The highest BCUT2D eigenvalue weighted by Crippen LogP contribution is 2.32. The lowest BCUT2D eigenvalue weighted by molar-refractivity contribution is 0.591. The maximum atomic E-state index is 4.80. The number of fused-ring (bicyclic) bond motifs is 2. The summed E-state index contributed by atoms with van der Waals surface area (Å²) in [6.07, 6.45) is 2.10. The Morgan fingerprint density at radius 1 is 1.04 bits per heavy atom. The van der Waals surface area contributed by atoms with Gasteiger partial charge in [0.05, 0.1) is 22.2 Å². The molecule has 0 bridgehead atoms. The van der Waals surface area contributed by atoms with Crippen molar-refractivity contribution in [1.29, 1.82) is 0 Å². The molecule has 4 nitrogen and oxygen atoms in total. The van der Waals surface area contributed by atoms with Gasteiger partial charge >= 0.3 is 0 Å². The molecule has 5 heteroatoms. The Morgan fingerprint density at radius 3 is 2.50 bits per heavy atom. The lowest BCUT2D eigenvalue weighted by Crippen LogP contribution is -2.11. The molecular formula is C21H24N4S. The Hall–Kier alpha value is -2.27. The molecule has 4 aromatic rings. The first-order valence-electron chi connectivity index (χ1n) is 8.82. The minimum Gasteiger partial charge on any atom is -0.342 e. The van der Waals surface area contributed by atoms with E-state index in [0.717, 1.165) is 39.4 Å². The molecule has 4 rings (SSSR count). The molecule has 134 valence electrons. The number of H-pyrrole nitrogens is 1. The van der Waals surface area contributed by atoms with E-state index >= 15 is 0 Å². The number of nitrogens with one attached hydrogen (secondary N) is 1. The van der Waals surface area contributed by atoms with Crippen LogP contribution in [0, 0.1) is 13.8 Å². The number of nitrogens with zero attached hydrogens (tertiary/aromatic N) is 3. The largest absolute Gasteiger partial charge is 0.342 e. The van der Waals surface area contributed by atoms with Crippen molar-refractivity contribution >= 4 is 33.8 Å². The summed E-state index contributed by atoms with van der Waals surface area (Å²) in [5, 5.41) is 0. The van der Waals surface area contributed by atoms with Crippen molar-refractivity contribution in [2.75, 3.05) is 6.26 Å². The summed E-state index contributed by atoms with van der Waals surface area (Å²) < 4.78 is 2.24. The Labute approximate surface area is 158 Å². The molecule has 0 aliphatic carbocycles. The topological polar surface area (TPSA) is 46.5 Å². The normalized spacial score (nSPS) is 12.4. The fourth-order valence-corrected chi connectivity index (χ4v) is 3.92. The average Bonchev–Trinajstić information content (AvgIpc) is 3.10. The molecule has 2 heterocycles. The van der Waals surface area contributed by atoms with E-state index in [2.05, 4.69) is 73.8 Å². The Balaban J connectivity index is 2.08. The van der Waals surface area contributed by atoms with Crippen molar-refractivity contribution in [2.45, 2.75) is 44.9 Å². The number of aromatic amines is 1. The summed E-state index contributed by atoms with van der Waals surface area (Å²) in [7, 11) is 0. The molecule has 0 amide bonds. The Kier molecular flexibility index (Phi) is 3.88. The molecule has 26 heavy (non-hydrogen) atoms. The number of aryl methyl sites for hydroxylation is 2. The molecule has 0 radical (unpaired) electrons. The molecule has 2 aromatic carbocycles. The predicted octanol–water partition coefficient (Wildman–Crippen LogP) is 5.54. The van der Waals surface area contributed by atoms with Gasteiger partial charge in [-0.3, -0.25) is 4.57 Å². The number of hydrogen-bond donors (Lipinski definition) is 1. The summed E-state index contributed by atoms with van der Waals surface area (Å²) in [5.74, 6) is 1.91. The van der Waals surface area contributed by atoms with Crippen molar-refractivity contribution in [1.82, 2.24) is 19.5 Å². The van der Waals surface area contributed by atoms with E-state index < -0.39 is 0 Å². The van der Waals surface area contributed by atoms with Crippen molar-refractivity contribution in [2.24, 2.45) is 0 Å². The van der Waals surface area contributed by atoms with Crippen LogP contribution < -0.4 is 0 Å². The zero-order valence-corrected chi connectivity index (χ0v) is 17.0. The number of thioether (sulfide) groups is 1. The number of benzene rings is 2. The van der Waals surface area contributed by atoms with Gasteiger partial charge in [-0.2, -0.15) is 0 Å². The van der Waals surface area contributed by atoms with E-state index in [0.29, 0.717) is 0 Å². The predicted molar refractivity (Wildman–Crippen MR) is 111 cm³/mol. The van der Waals surface area contributed by atoms with Gasteiger partial charge in [0.1, 0.15) is 17.2 Å². The molecule has 0 fully saturated rings. The second-order valence-electron chi connectivity index (χ2n) is 7.81. The molecule has 0 atom stereocenters. The molecule has 0 saturated heterocycles. The Morgan fingerprint density at radius 2 is 1.81 bits per heavy atom. The van der Waals surface area contributed by atoms with E-state index in [4.69, 9.17) is 9.97 Å². The molecule has 0 aliphatic heterocycles. The van der Waals surface area contributed by atoms with Crippen LogP contribution in [0.2, 0.25) is 0 Å². The van der Waals surface area contributed by atoms with Crippen molar-refractivity contribution in [3.63, 3.8) is 0 Å². The Bertz CT molecular complexity index is 1130.